The molecule has 0 spiro atoms. The van der Waals surface area contributed by atoms with Gasteiger partial charge in [0.15, 0.2) is 11.5 Å². The van der Waals surface area contributed by atoms with E-state index in [0.29, 0.717) is 24.6 Å². The number of hydrazine groups is 1. The molecule has 2 amide bonds. The highest BCUT2D eigenvalue weighted by molar-refractivity contribution is 5.91. The molecular weight excluding hydrogens is 272 g/mol. The second-order valence-corrected chi connectivity index (χ2v) is 5.45. The van der Waals surface area contributed by atoms with Gasteiger partial charge in [-0.25, -0.2) is 5.84 Å². The minimum atomic E-state index is -0.504. The van der Waals surface area contributed by atoms with Gasteiger partial charge in [-0.05, 0) is 18.8 Å². The van der Waals surface area contributed by atoms with Crippen LogP contribution >= 0.6 is 0 Å². The third-order valence-electron chi connectivity index (χ3n) is 3.89. The predicted octanol–water partition coefficient (Wildman–Crippen LogP) is 1.21. The summed E-state index contributed by atoms with van der Waals surface area (Å²) < 4.78 is 5.09. The van der Waals surface area contributed by atoms with Gasteiger partial charge in [-0.2, -0.15) is 0 Å². The zero-order chi connectivity index (χ0) is 15.2. The van der Waals surface area contributed by atoms with Gasteiger partial charge in [0.2, 0.25) is 5.91 Å². The number of hydrogen-bond donors (Lipinski definition) is 2. The Bertz CT molecular complexity index is 500. The van der Waals surface area contributed by atoms with E-state index < -0.39 is 5.91 Å². The number of amides is 2. The lowest BCUT2D eigenvalue weighted by Crippen LogP contribution is -2.30. The summed E-state index contributed by atoms with van der Waals surface area (Å²) >= 11 is 0. The monoisotopic (exact) mass is 294 g/mol. The maximum absolute atomic E-state index is 12.1. The summed E-state index contributed by atoms with van der Waals surface area (Å²) in [5.74, 6) is 5.79. The van der Waals surface area contributed by atoms with Crippen LogP contribution in [0.15, 0.2) is 10.6 Å². The van der Waals surface area contributed by atoms with Crippen LogP contribution in [0.2, 0.25) is 0 Å². The van der Waals surface area contributed by atoms with E-state index in [1.165, 1.54) is 12.5 Å². The Hall–Kier alpha value is -1.89. The van der Waals surface area contributed by atoms with E-state index in [0.717, 1.165) is 25.8 Å². The van der Waals surface area contributed by atoms with E-state index in [4.69, 9.17) is 10.4 Å². The van der Waals surface area contributed by atoms with E-state index in [9.17, 15) is 9.59 Å². The van der Waals surface area contributed by atoms with Gasteiger partial charge in [0.05, 0.1) is 6.54 Å². The van der Waals surface area contributed by atoms with Crippen molar-refractivity contribution in [2.75, 3.05) is 6.54 Å². The molecule has 1 aliphatic heterocycles. The van der Waals surface area contributed by atoms with Crippen molar-refractivity contribution in [3.05, 3.63) is 17.5 Å². The topological polar surface area (TPSA) is 101 Å². The highest BCUT2D eigenvalue weighted by atomic mass is 16.5. The fourth-order valence-electron chi connectivity index (χ4n) is 2.71. The molecule has 0 aliphatic carbocycles. The zero-order valence-electron chi connectivity index (χ0n) is 12.3. The van der Waals surface area contributed by atoms with Crippen molar-refractivity contribution >= 4 is 11.8 Å². The van der Waals surface area contributed by atoms with Crippen molar-refractivity contribution in [3.8, 4) is 0 Å². The molecule has 1 fully saturated rings. The van der Waals surface area contributed by atoms with Crippen LogP contribution in [0, 0.1) is 5.92 Å². The van der Waals surface area contributed by atoms with Gasteiger partial charge in [-0.15, -0.1) is 0 Å². The molecule has 0 bridgehead atoms. The number of likely N-dealkylation sites (tertiary alicyclic amines) is 1. The molecule has 1 aromatic rings. The summed E-state index contributed by atoms with van der Waals surface area (Å²) in [7, 11) is 0. The predicted molar refractivity (Wildman–Crippen MR) is 75.8 cm³/mol. The first-order chi connectivity index (χ1) is 10.1. The molecule has 2 rings (SSSR count). The number of carbonyl (C=O) groups is 2. The number of nitrogens with two attached hydrogens (primary N) is 1. The first-order valence-corrected chi connectivity index (χ1v) is 7.38. The number of nitrogen functional groups attached to an aromatic ring is 1. The number of aromatic nitrogens is 1. The first kappa shape index (κ1) is 15.5. The summed E-state index contributed by atoms with van der Waals surface area (Å²) in [4.78, 5) is 25.2. The molecular formula is C14H22N4O3. The number of rotatable bonds is 5. The van der Waals surface area contributed by atoms with Crippen molar-refractivity contribution in [2.24, 2.45) is 11.8 Å². The molecule has 116 valence electrons. The van der Waals surface area contributed by atoms with Crippen LogP contribution in [0.4, 0.5) is 0 Å². The second-order valence-electron chi connectivity index (χ2n) is 5.45. The van der Waals surface area contributed by atoms with Gasteiger partial charge in [-0.3, -0.25) is 15.0 Å². The van der Waals surface area contributed by atoms with Crippen molar-refractivity contribution in [1.82, 2.24) is 15.5 Å². The highest BCUT2D eigenvalue weighted by Gasteiger charge is 2.23. The molecule has 1 aliphatic rings. The van der Waals surface area contributed by atoms with E-state index in [-0.39, 0.29) is 11.6 Å². The average Bonchev–Trinajstić information content (AvgIpc) is 2.88. The fraction of sp³-hybridized carbons (Fsp3) is 0.643. The molecule has 3 N–H and O–H groups in total. The van der Waals surface area contributed by atoms with Crippen LogP contribution in [-0.2, 0) is 11.3 Å². The highest BCUT2D eigenvalue weighted by Crippen LogP contribution is 2.23. The van der Waals surface area contributed by atoms with Crippen LogP contribution in [0.1, 0.15) is 55.3 Å². The van der Waals surface area contributed by atoms with Crippen molar-refractivity contribution < 1.29 is 14.1 Å². The summed E-state index contributed by atoms with van der Waals surface area (Å²) in [5, 5.41) is 3.64. The Morgan fingerprint density at radius 1 is 1.57 bits per heavy atom. The van der Waals surface area contributed by atoms with Crippen LogP contribution in [0.5, 0.6) is 0 Å². The Labute approximate surface area is 123 Å². The van der Waals surface area contributed by atoms with Gasteiger partial charge in [0, 0.05) is 19.0 Å². The van der Waals surface area contributed by atoms with Gasteiger partial charge in [0.25, 0.3) is 5.91 Å². The smallest absolute Gasteiger partial charge is 0.287 e. The van der Waals surface area contributed by atoms with Gasteiger partial charge in [-0.1, -0.05) is 24.9 Å². The molecule has 7 nitrogen and oxygen atoms in total. The summed E-state index contributed by atoms with van der Waals surface area (Å²) in [6.45, 7) is 3.24. The number of hydrogen-bond acceptors (Lipinski definition) is 5. The molecule has 0 aromatic carbocycles. The standard InChI is InChI=1S/C14H22N4O3/c1-2-3-10-4-5-13(19)18(7-6-10)9-11-8-12(17-21-11)14(20)16-15/h8,10H,2-7,9,15H2,1H3,(H,16,20). The average molecular weight is 294 g/mol. The third-order valence-corrected chi connectivity index (χ3v) is 3.89. The Balaban J connectivity index is 1.96. The molecule has 1 unspecified atom stereocenters. The quantitative estimate of drug-likeness (QED) is 0.483. The zero-order valence-corrected chi connectivity index (χ0v) is 12.3. The minimum absolute atomic E-state index is 0.124. The number of nitrogens with zero attached hydrogens (tertiary/aromatic N) is 2. The van der Waals surface area contributed by atoms with Gasteiger partial charge < -0.3 is 9.42 Å². The lowest BCUT2D eigenvalue weighted by Gasteiger charge is -2.19. The molecule has 21 heavy (non-hydrogen) atoms. The Kier molecular flexibility index (Phi) is 5.32. The van der Waals surface area contributed by atoms with Crippen LogP contribution in [0.3, 0.4) is 0 Å². The number of nitrogens with one attached hydrogen (secondary N) is 1. The molecule has 0 saturated carbocycles. The third kappa shape index (κ3) is 4.04. The first-order valence-electron chi connectivity index (χ1n) is 7.38. The van der Waals surface area contributed by atoms with E-state index >= 15 is 0 Å². The van der Waals surface area contributed by atoms with E-state index in [2.05, 4.69) is 12.1 Å². The molecule has 1 aromatic heterocycles. The SMILES string of the molecule is CCCC1CCC(=O)N(Cc2cc(C(=O)NN)no2)CC1. The van der Waals surface area contributed by atoms with Crippen molar-refractivity contribution in [3.63, 3.8) is 0 Å². The van der Waals surface area contributed by atoms with E-state index in [1.54, 1.807) is 4.90 Å². The van der Waals surface area contributed by atoms with Crippen LogP contribution in [-0.4, -0.2) is 28.4 Å². The molecule has 2 heterocycles. The van der Waals surface area contributed by atoms with E-state index in [1.807, 2.05) is 5.43 Å². The summed E-state index contributed by atoms with van der Waals surface area (Å²) in [5.41, 5.74) is 2.12. The fourth-order valence-corrected chi connectivity index (χ4v) is 2.71. The van der Waals surface area contributed by atoms with Crippen molar-refractivity contribution in [2.45, 2.75) is 45.6 Å². The lowest BCUT2D eigenvalue weighted by atomic mass is 9.96. The summed E-state index contributed by atoms with van der Waals surface area (Å²) in [6, 6.07) is 1.52. The Morgan fingerprint density at radius 3 is 3.10 bits per heavy atom. The van der Waals surface area contributed by atoms with Crippen molar-refractivity contribution in [1.29, 1.82) is 0 Å². The largest absolute Gasteiger partial charge is 0.359 e. The molecule has 0 radical (unpaired) electrons. The summed E-state index contributed by atoms with van der Waals surface area (Å²) in [6.07, 6.45) is 4.88. The lowest BCUT2D eigenvalue weighted by molar-refractivity contribution is -0.131. The van der Waals surface area contributed by atoms with Crippen LogP contribution in [0.25, 0.3) is 0 Å². The van der Waals surface area contributed by atoms with Gasteiger partial charge in [0.1, 0.15) is 0 Å². The molecule has 1 saturated heterocycles. The minimum Gasteiger partial charge on any atom is -0.359 e. The van der Waals surface area contributed by atoms with Gasteiger partial charge >= 0.3 is 0 Å². The maximum atomic E-state index is 12.1. The Morgan fingerprint density at radius 2 is 2.38 bits per heavy atom. The normalized spacial score (nSPS) is 19.4. The maximum Gasteiger partial charge on any atom is 0.287 e. The second kappa shape index (κ2) is 7.21. The molecule has 7 heteroatoms. The van der Waals surface area contributed by atoms with Crippen LogP contribution < -0.4 is 11.3 Å². The number of carbonyl (C=O) groups excluding carboxylic acids is 2. The molecule has 1 atom stereocenters.